The summed E-state index contributed by atoms with van der Waals surface area (Å²) in [5.41, 5.74) is 13.5. The summed E-state index contributed by atoms with van der Waals surface area (Å²) in [5.74, 6) is 0. The molecule has 1 aromatic carbocycles. The molecular formula is C16H14N2S. The van der Waals surface area contributed by atoms with Crippen LogP contribution in [0.1, 0.15) is 21.6 Å². The van der Waals surface area contributed by atoms with Gasteiger partial charge in [0.1, 0.15) is 4.83 Å². The van der Waals surface area contributed by atoms with Gasteiger partial charge >= 0.3 is 0 Å². The van der Waals surface area contributed by atoms with Crippen molar-refractivity contribution in [1.29, 1.82) is 0 Å². The molecule has 0 radical (unpaired) electrons. The largest absolute Gasteiger partial charge is 0.398 e. The van der Waals surface area contributed by atoms with E-state index >= 15 is 0 Å². The molecule has 1 aliphatic rings. The van der Waals surface area contributed by atoms with Crippen LogP contribution in [0.15, 0.2) is 24.3 Å². The van der Waals surface area contributed by atoms with E-state index in [1.54, 1.807) is 11.3 Å². The van der Waals surface area contributed by atoms with E-state index < -0.39 is 0 Å². The zero-order chi connectivity index (χ0) is 13.1. The maximum atomic E-state index is 6.43. The van der Waals surface area contributed by atoms with E-state index in [4.69, 9.17) is 10.7 Å². The van der Waals surface area contributed by atoms with E-state index in [0.29, 0.717) is 0 Å². The Hall–Kier alpha value is -1.87. The average Bonchev–Trinajstić information content (AvgIpc) is 2.90. The number of rotatable bonds is 0. The first-order chi connectivity index (χ1) is 9.16. The van der Waals surface area contributed by atoms with Crippen LogP contribution in [-0.2, 0) is 6.42 Å². The summed E-state index contributed by atoms with van der Waals surface area (Å²) in [6, 6.07) is 8.47. The van der Waals surface area contributed by atoms with E-state index in [2.05, 4.69) is 38.1 Å². The molecule has 0 unspecified atom stereocenters. The molecule has 0 fully saturated rings. The fourth-order valence-corrected chi connectivity index (χ4v) is 4.00. The number of anilines is 1. The van der Waals surface area contributed by atoms with E-state index in [0.717, 1.165) is 28.0 Å². The van der Waals surface area contributed by atoms with Crippen molar-refractivity contribution in [2.45, 2.75) is 20.3 Å². The Kier molecular flexibility index (Phi) is 2.07. The summed E-state index contributed by atoms with van der Waals surface area (Å²) < 4.78 is 0. The summed E-state index contributed by atoms with van der Waals surface area (Å²) in [6.45, 7) is 4.28. The molecule has 19 heavy (non-hydrogen) atoms. The van der Waals surface area contributed by atoms with E-state index in [1.807, 2.05) is 0 Å². The molecule has 3 aromatic rings. The maximum absolute atomic E-state index is 6.43. The monoisotopic (exact) mass is 266 g/mol. The average molecular weight is 266 g/mol. The van der Waals surface area contributed by atoms with Crippen LogP contribution >= 0.6 is 11.3 Å². The van der Waals surface area contributed by atoms with Crippen molar-refractivity contribution in [1.82, 2.24) is 4.98 Å². The summed E-state index contributed by atoms with van der Waals surface area (Å²) in [7, 11) is 0. The van der Waals surface area contributed by atoms with Gasteiger partial charge in [-0.15, -0.1) is 11.3 Å². The second-order valence-corrected chi connectivity index (χ2v) is 6.35. The van der Waals surface area contributed by atoms with Gasteiger partial charge in [0.25, 0.3) is 0 Å². The van der Waals surface area contributed by atoms with Crippen LogP contribution in [0.25, 0.3) is 21.5 Å². The van der Waals surface area contributed by atoms with Crippen molar-refractivity contribution in [3.05, 3.63) is 45.8 Å². The minimum atomic E-state index is 0.911. The number of thiophene rings is 1. The third kappa shape index (κ3) is 1.33. The predicted octanol–water partition coefficient (Wildman–Crippen LogP) is 4.07. The van der Waals surface area contributed by atoms with Gasteiger partial charge in [-0.1, -0.05) is 24.3 Å². The highest BCUT2D eigenvalue weighted by molar-refractivity contribution is 7.18. The number of benzene rings is 1. The van der Waals surface area contributed by atoms with Crippen molar-refractivity contribution >= 4 is 27.2 Å². The van der Waals surface area contributed by atoms with Crippen LogP contribution in [0.2, 0.25) is 0 Å². The highest BCUT2D eigenvalue weighted by Gasteiger charge is 2.24. The summed E-state index contributed by atoms with van der Waals surface area (Å²) in [4.78, 5) is 7.26. The third-order valence-corrected chi connectivity index (χ3v) is 5.20. The quantitative estimate of drug-likeness (QED) is 0.521. The zero-order valence-corrected chi connectivity index (χ0v) is 11.8. The first-order valence-electron chi connectivity index (χ1n) is 6.43. The fourth-order valence-electron chi connectivity index (χ4n) is 2.95. The van der Waals surface area contributed by atoms with Gasteiger partial charge in [0.05, 0.1) is 5.69 Å². The maximum Gasteiger partial charge on any atom is 0.126 e. The number of nitrogens with zero attached hydrogens (tertiary/aromatic N) is 1. The van der Waals surface area contributed by atoms with Crippen molar-refractivity contribution < 1.29 is 0 Å². The van der Waals surface area contributed by atoms with Gasteiger partial charge in [-0.3, -0.25) is 0 Å². The van der Waals surface area contributed by atoms with Crippen molar-refractivity contribution in [2.24, 2.45) is 0 Å². The first kappa shape index (κ1) is 11.0. The lowest BCUT2D eigenvalue weighted by atomic mass is 10.1. The summed E-state index contributed by atoms with van der Waals surface area (Å²) in [6.07, 6.45) is 0.911. The number of pyridine rings is 1. The Balaban J connectivity index is 2.13. The highest BCUT2D eigenvalue weighted by Crippen LogP contribution is 2.43. The number of hydrogen-bond acceptors (Lipinski definition) is 3. The van der Waals surface area contributed by atoms with Crippen LogP contribution in [0, 0.1) is 13.8 Å². The Morgan fingerprint density at radius 2 is 2.00 bits per heavy atom. The molecule has 3 heteroatoms. The van der Waals surface area contributed by atoms with E-state index in [1.165, 1.54) is 27.1 Å². The Morgan fingerprint density at radius 3 is 2.84 bits per heavy atom. The SMILES string of the molecule is Cc1sc2nc3c(c(N)c2c1C)Cc1ccccc1-3. The Bertz CT molecular complexity index is 830. The molecule has 94 valence electrons. The predicted molar refractivity (Wildman–Crippen MR) is 81.7 cm³/mol. The minimum Gasteiger partial charge on any atom is -0.398 e. The molecule has 0 aliphatic heterocycles. The van der Waals surface area contributed by atoms with Gasteiger partial charge < -0.3 is 5.73 Å². The van der Waals surface area contributed by atoms with Gasteiger partial charge in [0.2, 0.25) is 0 Å². The smallest absolute Gasteiger partial charge is 0.126 e. The van der Waals surface area contributed by atoms with Gasteiger partial charge in [0, 0.05) is 33.5 Å². The van der Waals surface area contributed by atoms with Crippen LogP contribution in [0.4, 0.5) is 5.69 Å². The molecule has 0 saturated heterocycles. The molecular weight excluding hydrogens is 252 g/mol. The lowest BCUT2D eigenvalue weighted by Gasteiger charge is -2.06. The zero-order valence-electron chi connectivity index (χ0n) is 10.9. The molecule has 0 amide bonds. The fraction of sp³-hybridized carbons (Fsp3) is 0.188. The number of aromatic nitrogens is 1. The molecule has 2 aromatic heterocycles. The van der Waals surface area contributed by atoms with Gasteiger partial charge in [-0.2, -0.15) is 0 Å². The van der Waals surface area contributed by atoms with Gasteiger partial charge in [-0.25, -0.2) is 4.98 Å². The molecule has 0 saturated carbocycles. The van der Waals surface area contributed by atoms with Gasteiger partial charge in [-0.05, 0) is 25.0 Å². The molecule has 0 atom stereocenters. The lowest BCUT2D eigenvalue weighted by Crippen LogP contribution is -1.96. The molecule has 1 aliphatic carbocycles. The minimum absolute atomic E-state index is 0.911. The third-order valence-electron chi connectivity index (χ3n) is 4.10. The molecule has 4 rings (SSSR count). The summed E-state index contributed by atoms with van der Waals surface area (Å²) in [5, 5.41) is 1.16. The number of hydrogen-bond donors (Lipinski definition) is 1. The van der Waals surface area contributed by atoms with Gasteiger partial charge in [0.15, 0.2) is 0 Å². The van der Waals surface area contributed by atoms with E-state index in [9.17, 15) is 0 Å². The van der Waals surface area contributed by atoms with Crippen molar-refractivity contribution in [3.63, 3.8) is 0 Å². The highest BCUT2D eigenvalue weighted by atomic mass is 32.1. The van der Waals surface area contributed by atoms with Crippen LogP contribution in [0.5, 0.6) is 0 Å². The standard InChI is InChI=1S/C16H14N2S/c1-8-9(2)19-16-13(8)14(17)12-7-10-5-3-4-6-11(10)15(12)18-16/h3-6H,7H2,1-2H3,(H2,17,18). The van der Waals surface area contributed by atoms with E-state index in [-0.39, 0.29) is 0 Å². The molecule has 2 nitrogen and oxygen atoms in total. The van der Waals surface area contributed by atoms with Crippen LogP contribution < -0.4 is 5.73 Å². The molecule has 2 heterocycles. The number of nitrogens with two attached hydrogens (primary N) is 1. The lowest BCUT2D eigenvalue weighted by molar-refractivity contribution is 1.26. The second kappa shape index (κ2) is 3.58. The number of aryl methyl sites for hydroxylation is 2. The van der Waals surface area contributed by atoms with Crippen LogP contribution in [-0.4, -0.2) is 4.98 Å². The first-order valence-corrected chi connectivity index (χ1v) is 7.25. The van der Waals surface area contributed by atoms with Crippen molar-refractivity contribution in [2.75, 3.05) is 5.73 Å². The Morgan fingerprint density at radius 1 is 1.21 bits per heavy atom. The topological polar surface area (TPSA) is 38.9 Å². The second-order valence-electron chi connectivity index (χ2n) is 5.15. The number of fused-ring (bicyclic) bond motifs is 4. The number of nitrogen functional groups attached to an aromatic ring is 1. The van der Waals surface area contributed by atoms with Crippen LogP contribution in [0.3, 0.4) is 0 Å². The van der Waals surface area contributed by atoms with Crippen molar-refractivity contribution in [3.8, 4) is 11.3 Å². The molecule has 0 spiro atoms. The normalized spacial score (nSPS) is 12.7. The molecule has 0 bridgehead atoms. The molecule has 2 N–H and O–H groups in total. The summed E-state index contributed by atoms with van der Waals surface area (Å²) >= 11 is 1.74. The Labute approximate surface area is 115 Å².